The fraction of sp³-hybridized carbons (Fsp3) is 0.625. The molecule has 2 aromatic rings. The lowest BCUT2D eigenvalue weighted by Gasteiger charge is -2.15. The number of rotatable bonds is 4. The molecule has 1 aliphatic heterocycles. The second-order valence-corrected chi connectivity index (χ2v) is 6.45. The SMILES string of the molecule is Cn1c(=O)c2c(ncn2C[C@H](O)CNC2=NCCCCC2)n(C)c1=O. The van der Waals surface area contributed by atoms with Gasteiger partial charge < -0.3 is 15.0 Å². The summed E-state index contributed by atoms with van der Waals surface area (Å²) in [5, 5.41) is 13.5. The molecule has 0 bridgehead atoms. The van der Waals surface area contributed by atoms with E-state index in [-0.39, 0.29) is 6.54 Å². The van der Waals surface area contributed by atoms with Gasteiger partial charge in [-0.05, 0) is 12.8 Å². The molecule has 0 saturated heterocycles. The number of hydrogen-bond acceptors (Lipinski definition) is 6. The first-order chi connectivity index (χ1) is 12.0. The van der Waals surface area contributed by atoms with Crippen molar-refractivity contribution < 1.29 is 5.11 Å². The van der Waals surface area contributed by atoms with Crippen molar-refractivity contribution in [3.8, 4) is 0 Å². The van der Waals surface area contributed by atoms with Crippen LogP contribution in [0.4, 0.5) is 0 Å². The Kier molecular flexibility index (Phi) is 5.03. The standard InChI is InChI=1S/C16H24N6O3/c1-20-14-13(15(24)21(2)16(20)25)22(10-19-14)9-11(23)8-18-12-6-4-3-5-7-17-12/h10-11,23H,3-9H2,1-2H3,(H,17,18)/t11-/m1/s1. The van der Waals surface area contributed by atoms with E-state index in [4.69, 9.17) is 0 Å². The monoisotopic (exact) mass is 348 g/mol. The van der Waals surface area contributed by atoms with Crippen molar-refractivity contribution in [2.75, 3.05) is 13.1 Å². The summed E-state index contributed by atoms with van der Waals surface area (Å²) in [6, 6.07) is 0. The van der Waals surface area contributed by atoms with Crippen molar-refractivity contribution in [3.05, 3.63) is 27.2 Å². The van der Waals surface area contributed by atoms with E-state index in [9.17, 15) is 14.7 Å². The van der Waals surface area contributed by atoms with Crippen LogP contribution in [0.15, 0.2) is 20.9 Å². The molecule has 3 heterocycles. The van der Waals surface area contributed by atoms with Gasteiger partial charge in [0.2, 0.25) is 0 Å². The van der Waals surface area contributed by atoms with Crippen LogP contribution in [0.5, 0.6) is 0 Å². The van der Waals surface area contributed by atoms with Crippen LogP contribution in [0.2, 0.25) is 0 Å². The lowest BCUT2D eigenvalue weighted by molar-refractivity contribution is 0.158. The van der Waals surface area contributed by atoms with Gasteiger partial charge in [-0.3, -0.25) is 18.9 Å². The fourth-order valence-electron chi connectivity index (χ4n) is 3.08. The van der Waals surface area contributed by atoms with E-state index < -0.39 is 17.4 Å². The molecule has 2 aromatic heterocycles. The molecule has 3 rings (SSSR count). The number of aliphatic hydroxyl groups excluding tert-OH is 1. The number of fused-ring (bicyclic) bond motifs is 1. The molecule has 9 nitrogen and oxygen atoms in total. The number of amidine groups is 1. The zero-order valence-corrected chi connectivity index (χ0v) is 14.6. The van der Waals surface area contributed by atoms with Crippen LogP contribution >= 0.6 is 0 Å². The topological polar surface area (TPSA) is 106 Å². The van der Waals surface area contributed by atoms with Gasteiger partial charge in [0.05, 0.1) is 24.8 Å². The molecule has 0 aliphatic carbocycles. The number of hydrogen-bond donors (Lipinski definition) is 2. The van der Waals surface area contributed by atoms with E-state index >= 15 is 0 Å². The summed E-state index contributed by atoms with van der Waals surface area (Å²) in [6.45, 7) is 1.39. The minimum absolute atomic E-state index is 0.213. The van der Waals surface area contributed by atoms with Crippen molar-refractivity contribution in [1.82, 2.24) is 24.0 Å². The molecule has 1 aliphatic rings. The van der Waals surface area contributed by atoms with E-state index in [1.807, 2.05) is 0 Å². The van der Waals surface area contributed by atoms with Gasteiger partial charge in [-0.2, -0.15) is 0 Å². The number of aryl methyl sites for hydroxylation is 1. The lowest BCUT2D eigenvalue weighted by Crippen LogP contribution is -2.38. The highest BCUT2D eigenvalue weighted by Gasteiger charge is 2.16. The van der Waals surface area contributed by atoms with Crippen LogP contribution in [-0.2, 0) is 20.6 Å². The van der Waals surface area contributed by atoms with Crippen LogP contribution in [0, 0.1) is 0 Å². The van der Waals surface area contributed by atoms with Gasteiger partial charge in [0.25, 0.3) is 5.56 Å². The first kappa shape index (κ1) is 17.4. The summed E-state index contributed by atoms with van der Waals surface area (Å²) in [7, 11) is 3.01. The van der Waals surface area contributed by atoms with Crippen LogP contribution < -0.4 is 16.6 Å². The summed E-state index contributed by atoms with van der Waals surface area (Å²) in [5.41, 5.74) is -0.197. The molecule has 1 atom stereocenters. The Morgan fingerprint density at radius 1 is 1.24 bits per heavy atom. The molecule has 136 valence electrons. The third-order valence-electron chi connectivity index (χ3n) is 4.54. The predicted octanol–water partition coefficient (Wildman–Crippen LogP) is -0.643. The van der Waals surface area contributed by atoms with Gasteiger partial charge in [0.15, 0.2) is 11.2 Å². The Morgan fingerprint density at radius 2 is 2.04 bits per heavy atom. The van der Waals surface area contributed by atoms with E-state index in [1.165, 1.54) is 24.4 Å². The van der Waals surface area contributed by atoms with Gasteiger partial charge in [0.1, 0.15) is 0 Å². The van der Waals surface area contributed by atoms with E-state index in [0.717, 1.165) is 36.2 Å². The average molecular weight is 348 g/mol. The lowest BCUT2D eigenvalue weighted by atomic mass is 10.2. The van der Waals surface area contributed by atoms with E-state index in [1.54, 1.807) is 11.6 Å². The summed E-state index contributed by atoms with van der Waals surface area (Å²) in [6.07, 6.45) is 5.08. The Bertz CT molecular complexity index is 907. The van der Waals surface area contributed by atoms with Crippen molar-refractivity contribution in [2.45, 2.75) is 38.3 Å². The van der Waals surface area contributed by atoms with Crippen molar-refractivity contribution in [2.24, 2.45) is 19.1 Å². The molecular weight excluding hydrogens is 324 g/mol. The molecular formula is C16H24N6O3. The Morgan fingerprint density at radius 3 is 2.84 bits per heavy atom. The third kappa shape index (κ3) is 3.51. The molecule has 0 saturated carbocycles. The molecule has 0 amide bonds. The predicted molar refractivity (Wildman–Crippen MR) is 95.0 cm³/mol. The third-order valence-corrected chi connectivity index (χ3v) is 4.54. The second kappa shape index (κ2) is 7.22. The summed E-state index contributed by atoms with van der Waals surface area (Å²) in [4.78, 5) is 33.0. The zero-order chi connectivity index (χ0) is 18.0. The van der Waals surface area contributed by atoms with Gasteiger partial charge in [-0.15, -0.1) is 0 Å². The Hall–Kier alpha value is -2.42. The minimum atomic E-state index is -0.703. The number of aliphatic hydroxyl groups is 1. The highest BCUT2D eigenvalue weighted by molar-refractivity contribution is 5.82. The average Bonchev–Trinajstić information content (AvgIpc) is 2.83. The Balaban J connectivity index is 1.75. The molecule has 0 aromatic carbocycles. The van der Waals surface area contributed by atoms with Gasteiger partial charge in [-0.25, -0.2) is 9.78 Å². The van der Waals surface area contributed by atoms with Gasteiger partial charge in [-0.1, -0.05) is 6.42 Å². The van der Waals surface area contributed by atoms with Crippen LogP contribution in [0.3, 0.4) is 0 Å². The number of aromatic nitrogens is 4. The van der Waals surface area contributed by atoms with Crippen LogP contribution in [0.25, 0.3) is 11.2 Å². The highest BCUT2D eigenvalue weighted by atomic mass is 16.3. The maximum atomic E-state index is 12.4. The maximum Gasteiger partial charge on any atom is 0.332 e. The highest BCUT2D eigenvalue weighted by Crippen LogP contribution is 2.08. The molecule has 9 heteroatoms. The van der Waals surface area contributed by atoms with Crippen molar-refractivity contribution in [3.63, 3.8) is 0 Å². The van der Waals surface area contributed by atoms with Crippen LogP contribution in [-0.4, -0.2) is 48.8 Å². The second-order valence-electron chi connectivity index (χ2n) is 6.45. The largest absolute Gasteiger partial charge is 0.389 e. The fourth-order valence-corrected chi connectivity index (χ4v) is 3.08. The van der Waals surface area contributed by atoms with Crippen molar-refractivity contribution in [1.29, 1.82) is 0 Å². The number of aliphatic imine (C=N–C) groups is 1. The first-order valence-electron chi connectivity index (χ1n) is 8.55. The zero-order valence-electron chi connectivity index (χ0n) is 14.6. The van der Waals surface area contributed by atoms with Gasteiger partial charge in [0, 0.05) is 33.6 Å². The smallest absolute Gasteiger partial charge is 0.332 e. The number of nitrogens with zero attached hydrogens (tertiary/aromatic N) is 5. The maximum absolute atomic E-state index is 12.4. The molecule has 0 radical (unpaired) electrons. The number of imidazole rings is 1. The van der Waals surface area contributed by atoms with Crippen molar-refractivity contribution >= 4 is 17.0 Å². The minimum Gasteiger partial charge on any atom is -0.389 e. The summed E-state index contributed by atoms with van der Waals surface area (Å²) >= 11 is 0. The molecule has 25 heavy (non-hydrogen) atoms. The van der Waals surface area contributed by atoms with E-state index in [0.29, 0.717) is 17.7 Å². The first-order valence-corrected chi connectivity index (χ1v) is 8.55. The summed E-state index contributed by atoms with van der Waals surface area (Å²) < 4.78 is 3.97. The molecule has 2 N–H and O–H groups in total. The molecule has 0 unspecified atom stereocenters. The number of nitrogens with one attached hydrogen (secondary N) is 1. The normalized spacial score (nSPS) is 16.5. The summed E-state index contributed by atoms with van der Waals surface area (Å²) in [5.74, 6) is 0.936. The van der Waals surface area contributed by atoms with Crippen LogP contribution in [0.1, 0.15) is 25.7 Å². The molecule has 0 fully saturated rings. The molecule has 0 spiro atoms. The van der Waals surface area contributed by atoms with E-state index in [2.05, 4.69) is 15.3 Å². The van der Waals surface area contributed by atoms with Gasteiger partial charge >= 0.3 is 5.69 Å². The quantitative estimate of drug-likeness (QED) is 0.764. The Labute approximate surface area is 144 Å².